The van der Waals surface area contributed by atoms with Crippen LogP contribution in [-0.2, 0) is 16.2 Å². The summed E-state index contributed by atoms with van der Waals surface area (Å²) in [5, 5.41) is 4.09. The van der Waals surface area contributed by atoms with E-state index in [4.69, 9.17) is 10.6 Å². The lowest BCUT2D eigenvalue weighted by Crippen LogP contribution is -2.50. The van der Waals surface area contributed by atoms with Gasteiger partial charge < -0.3 is 15.5 Å². The molecule has 1 aromatic rings. The van der Waals surface area contributed by atoms with Crippen LogP contribution in [0.2, 0.25) is 0 Å². The van der Waals surface area contributed by atoms with E-state index in [9.17, 15) is 4.79 Å². The van der Waals surface area contributed by atoms with Gasteiger partial charge >= 0.3 is 0 Å². The first-order chi connectivity index (χ1) is 12.3. The Labute approximate surface area is 150 Å². The van der Waals surface area contributed by atoms with Crippen molar-refractivity contribution in [1.29, 1.82) is 0 Å². The van der Waals surface area contributed by atoms with Crippen molar-refractivity contribution in [3.05, 3.63) is 35.9 Å². The minimum atomic E-state index is -0.362. The van der Waals surface area contributed by atoms with Crippen LogP contribution in [0.5, 0.6) is 0 Å². The van der Waals surface area contributed by atoms with E-state index in [0.29, 0.717) is 12.5 Å². The van der Waals surface area contributed by atoms with Gasteiger partial charge in [-0.05, 0) is 37.2 Å². The Bertz CT molecular complexity index is 570. The molecule has 1 aliphatic heterocycles. The fraction of sp³-hybridized carbons (Fsp3) is 0.600. The van der Waals surface area contributed by atoms with Gasteiger partial charge in [0.2, 0.25) is 5.91 Å². The number of hydrogen-bond acceptors (Lipinski definition) is 4. The molecule has 1 saturated carbocycles. The van der Waals surface area contributed by atoms with Gasteiger partial charge in [0.15, 0.2) is 0 Å². The Hall–Kier alpha value is -1.88. The first-order valence-corrected chi connectivity index (χ1v) is 9.51. The lowest BCUT2D eigenvalue weighted by molar-refractivity contribution is -0.133. The quantitative estimate of drug-likeness (QED) is 0.637. The molecule has 1 saturated heterocycles. The number of likely N-dealkylation sites (tertiary alicyclic amines) is 1. The summed E-state index contributed by atoms with van der Waals surface area (Å²) in [6, 6.07) is 9.59. The summed E-state index contributed by atoms with van der Waals surface area (Å²) in [6.45, 7) is 1.22. The number of nitrogens with two attached hydrogens (primary N) is 1. The molecule has 1 heterocycles. The molecule has 1 aliphatic carbocycles. The number of rotatable bonds is 6. The summed E-state index contributed by atoms with van der Waals surface area (Å²) in [4.78, 5) is 20.1. The normalized spacial score (nSPS) is 23.1. The molecule has 1 unspecified atom stereocenters. The van der Waals surface area contributed by atoms with Crippen LogP contribution in [0, 0.1) is 5.92 Å². The molecular weight excluding hydrogens is 314 g/mol. The predicted octanol–water partition coefficient (Wildman–Crippen LogP) is 3.09. The van der Waals surface area contributed by atoms with Crippen LogP contribution in [0.15, 0.2) is 35.5 Å². The maximum atomic E-state index is 12.8. The molecule has 1 aromatic carbocycles. The zero-order chi connectivity index (χ0) is 17.5. The van der Waals surface area contributed by atoms with Gasteiger partial charge in [0.05, 0.1) is 18.3 Å². The molecule has 2 N–H and O–H groups in total. The van der Waals surface area contributed by atoms with Crippen molar-refractivity contribution in [1.82, 2.24) is 4.90 Å². The minimum absolute atomic E-state index is 0.0120. The second-order valence-corrected chi connectivity index (χ2v) is 7.18. The summed E-state index contributed by atoms with van der Waals surface area (Å²) < 4.78 is 0. The highest BCUT2D eigenvalue weighted by atomic mass is 16.6. The van der Waals surface area contributed by atoms with Crippen molar-refractivity contribution in [3.63, 3.8) is 0 Å². The van der Waals surface area contributed by atoms with Crippen LogP contribution in [0.1, 0.15) is 50.5 Å². The molecule has 2 fully saturated rings. The van der Waals surface area contributed by atoms with Crippen LogP contribution in [0.3, 0.4) is 0 Å². The van der Waals surface area contributed by atoms with E-state index in [1.165, 1.54) is 19.3 Å². The van der Waals surface area contributed by atoms with E-state index < -0.39 is 0 Å². The van der Waals surface area contributed by atoms with Gasteiger partial charge in [0.1, 0.15) is 6.61 Å². The molecule has 1 amide bonds. The number of carbonyl (C=O) groups excluding carboxylic acids is 1. The van der Waals surface area contributed by atoms with Gasteiger partial charge in [-0.25, -0.2) is 0 Å². The third-order valence-corrected chi connectivity index (χ3v) is 5.41. The van der Waals surface area contributed by atoms with Crippen LogP contribution in [0.4, 0.5) is 0 Å². The fourth-order valence-electron chi connectivity index (χ4n) is 3.91. The molecule has 0 bridgehead atoms. The molecule has 2 atom stereocenters. The van der Waals surface area contributed by atoms with Crippen LogP contribution >= 0.6 is 0 Å². The Morgan fingerprint density at radius 3 is 2.72 bits per heavy atom. The van der Waals surface area contributed by atoms with Crippen molar-refractivity contribution in [2.24, 2.45) is 16.8 Å². The molecule has 3 rings (SSSR count). The Balaban J connectivity index is 1.50. The molecule has 25 heavy (non-hydrogen) atoms. The van der Waals surface area contributed by atoms with Gasteiger partial charge in [0, 0.05) is 6.54 Å². The van der Waals surface area contributed by atoms with Crippen molar-refractivity contribution in [2.75, 3.05) is 6.54 Å². The zero-order valence-corrected chi connectivity index (χ0v) is 14.8. The second kappa shape index (κ2) is 8.99. The Morgan fingerprint density at radius 2 is 1.96 bits per heavy atom. The van der Waals surface area contributed by atoms with Crippen LogP contribution in [-0.4, -0.2) is 35.7 Å². The van der Waals surface area contributed by atoms with Gasteiger partial charge in [-0.1, -0.05) is 54.8 Å². The number of oxime groups is 1. The molecule has 5 nitrogen and oxygen atoms in total. The largest absolute Gasteiger partial charge is 0.391 e. The van der Waals surface area contributed by atoms with Gasteiger partial charge in [0.25, 0.3) is 0 Å². The molecule has 5 heteroatoms. The van der Waals surface area contributed by atoms with E-state index in [-0.39, 0.29) is 18.0 Å². The summed E-state index contributed by atoms with van der Waals surface area (Å²) in [6.07, 6.45) is 9.53. The second-order valence-electron chi connectivity index (χ2n) is 7.18. The standard InChI is InChI=1S/C20H29N3O2/c21-19(17-10-5-2-6-11-17)20(24)23-13-7-12-18(23)14-22-25-15-16-8-3-1-4-9-16/h1,3-4,8-9,14,17-19H,2,5-7,10-13,15,21H2/b22-14-/t18?,19-/m0/s1. The van der Waals surface area contributed by atoms with Crippen LogP contribution in [0.25, 0.3) is 0 Å². The number of amides is 1. The lowest BCUT2D eigenvalue weighted by atomic mass is 9.83. The number of nitrogens with zero attached hydrogens (tertiary/aromatic N) is 2. The minimum Gasteiger partial charge on any atom is -0.391 e. The van der Waals surface area contributed by atoms with Gasteiger partial charge in [-0.15, -0.1) is 0 Å². The number of benzene rings is 1. The average Bonchev–Trinajstić information content (AvgIpc) is 3.14. The summed E-state index contributed by atoms with van der Waals surface area (Å²) in [5.74, 6) is 0.428. The summed E-state index contributed by atoms with van der Waals surface area (Å²) in [7, 11) is 0. The first kappa shape index (κ1) is 17.9. The highest BCUT2D eigenvalue weighted by molar-refractivity contribution is 5.85. The van der Waals surface area contributed by atoms with Crippen molar-refractivity contribution < 1.29 is 9.63 Å². The summed E-state index contributed by atoms with van der Waals surface area (Å²) >= 11 is 0. The number of carbonyl (C=O) groups is 1. The maximum Gasteiger partial charge on any atom is 0.240 e. The molecule has 136 valence electrons. The summed E-state index contributed by atoms with van der Waals surface area (Å²) in [5.41, 5.74) is 7.38. The topological polar surface area (TPSA) is 67.9 Å². The zero-order valence-electron chi connectivity index (χ0n) is 14.8. The fourth-order valence-corrected chi connectivity index (χ4v) is 3.91. The van der Waals surface area contributed by atoms with E-state index in [1.807, 2.05) is 35.2 Å². The van der Waals surface area contributed by atoms with Gasteiger partial charge in [-0.2, -0.15) is 0 Å². The highest BCUT2D eigenvalue weighted by Gasteiger charge is 2.34. The molecule has 2 aliphatic rings. The van der Waals surface area contributed by atoms with Crippen molar-refractivity contribution in [3.8, 4) is 0 Å². The van der Waals surface area contributed by atoms with E-state index in [1.54, 1.807) is 6.21 Å². The first-order valence-electron chi connectivity index (χ1n) is 9.51. The predicted molar refractivity (Wildman–Crippen MR) is 99.0 cm³/mol. The Kier molecular flexibility index (Phi) is 6.45. The molecule has 0 spiro atoms. The maximum absolute atomic E-state index is 12.8. The van der Waals surface area contributed by atoms with Crippen molar-refractivity contribution >= 4 is 12.1 Å². The number of hydrogen-bond donors (Lipinski definition) is 1. The third-order valence-electron chi connectivity index (χ3n) is 5.41. The van der Waals surface area contributed by atoms with Crippen LogP contribution < -0.4 is 5.73 Å². The smallest absolute Gasteiger partial charge is 0.240 e. The monoisotopic (exact) mass is 343 g/mol. The third kappa shape index (κ3) is 4.82. The molecule has 0 aromatic heterocycles. The van der Waals surface area contributed by atoms with Crippen molar-refractivity contribution in [2.45, 2.75) is 63.6 Å². The van der Waals surface area contributed by atoms with E-state index in [0.717, 1.165) is 37.8 Å². The van der Waals surface area contributed by atoms with Gasteiger partial charge in [-0.3, -0.25) is 4.79 Å². The molecular formula is C20H29N3O2. The SMILES string of the molecule is N[C@H](C(=O)N1CCCC1/C=N\OCc1ccccc1)C1CCCCC1. The van der Waals surface area contributed by atoms with E-state index >= 15 is 0 Å². The highest BCUT2D eigenvalue weighted by Crippen LogP contribution is 2.28. The van der Waals surface area contributed by atoms with E-state index in [2.05, 4.69) is 5.16 Å². The molecule has 0 radical (unpaired) electrons. The Morgan fingerprint density at radius 1 is 1.20 bits per heavy atom. The average molecular weight is 343 g/mol. The lowest BCUT2D eigenvalue weighted by Gasteiger charge is -2.31.